The smallest absolute Gasteiger partial charge is 0.235 e. The number of amides is 1. The molecule has 1 amide bonds. The van der Waals surface area contributed by atoms with E-state index in [1.54, 1.807) is 29.1 Å². The van der Waals surface area contributed by atoms with Crippen molar-refractivity contribution in [3.63, 3.8) is 0 Å². The molecule has 112 valence electrons. The predicted octanol–water partition coefficient (Wildman–Crippen LogP) is 2.92. The van der Waals surface area contributed by atoms with Crippen LogP contribution in [0.15, 0.2) is 35.4 Å². The van der Waals surface area contributed by atoms with Crippen LogP contribution in [0.25, 0.3) is 0 Å². The second-order valence-electron chi connectivity index (χ2n) is 4.78. The Hall–Kier alpha value is -2.02. The summed E-state index contributed by atoms with van der Waals surface area (Å²) in [6, 6.07) is 6.30. The van der Waals surface area contributed by atoms with Gasteiger partial charge in [-0.05, 0) is 32.0 Å². The maximum Gasteiger partial charge on any atom is 0.235 e. The van der Waals surface area contributed by atoms with Gasteiger partial charge in [0.15, 0.2) is 0 Å². The molecule has 0 radical (unpaired) electrons. The number of nitrogen functional groups attached to an aromatic ring is 1. The van der Waals surface area contributed by atoms with Crippen molar-refractivity contribution in [1.82, 2.24) is 9.78 Å². The predicted molar refractivity (Wildman–Crippen MR) is 82.8 cm³/mol. The lowest BCUT2D eigenvalue weighted by atomic mass is 10.3. The molecule has 0 saturated heterocycles. The van der Waals surface area contributed by atoms with Crippen LogP contribution < -0.4 is 11.1 Å². The highest BCUT2D eigenvalue weighted by atomic mass is 32.2. The number of carbonyl (C=O) groups excluding carboxylic acids is 1. The number of nitrogens with zero attached hydrogens (tertiary/aromatic N) is 2. The lowest BCUT2D eigenvalue weighted by molar-refractivity contribution is -0.113. The Morgan fingerprint density at radius 1 is 1.48 bits per heavy atom. The van der Waals surface area contributed by atoms with Gasteiger partial charge in [0.05, 0.1) is 11.9 Å². The fourth-order valence-electron chi connectivity index (χ4n) is 1.78. The molecular formula is C14H17FN4OS. The zero-order chi connectivity index (χ0) is 15.4. The Labute approximate surface area is 126 Å². The Kier molecular flexibility index (Phi) is 4.85. The fourth-order valence-corrected chi connectivity index (χ4v) is 2.50. The van der Waals surface area contributed by atoms with Crippen molar-refractivity contribution in [3.05, 3.63) is 36.3 Å². The first-order valence-corrected chi connectivity index (χ1v) is 7.47. The number of aromatic nitrogens is 2. The van der Waals surface area contributed by atoms with Crippen LogP contribution in [-0.2, 0) is 4.79 Å². The van der Waals surface area contributed by atoms with Crippen LogP contribution in [0.1, 0.15) is 19.9 Å². The van der Waals surface area contributed by atoms with Crippen LogP contribution in [-0.4, -0.2) is 21.4 Å². The molecule has 0 aliphatic carbocycles. The van der Waals surface area contributed by atoms with Gasteiger partial charge < -0.3 is 11.1 Å². The van der Waals surface area contributed by atoms with Crippen LogP contribution in [0.2, 0.25) is 0 Å². The Morgan fingerprint density at radius 2 is 2.24 bits per heavy atom. The lowest BCUT2D eigenvalue weighted by Gasteiger charge is -2.11. The monoisotopic (exact) mass is 308 g/mol. The first-order chi connectivity index (χ1) is 9.97. The number of benzene rings is 1. The van der Waals surface area contributed by atoms with Gasteiger partial charge in [0.25, 0.3) is 0 Å². The van der Waals surface area contributed by atoms with Gasteiger partial charge in [0, 0.05) is 22.7 Å². The SMILES string of the molecule is CC(C)n1nccc1NC(=O)CSc1ccc(N)cc1F. The van der Waals surface area contributed by atoms with Gasteiger partial charge in [-0.1, -0.05) is 0 Å². The fraction of sp³-hybridized carbons (Fsp3) is 0.286. The Balaban J connectivity index is 1.94. The number of rotatable bonds is 5. The summed E-state index contributed by atoms with van der Waals surface area (Å²) in [4.78, 5) is 12.3. The van der Waals surface area contributed by atoms with Gasteiger partial charge >= 0.3 is 0 Å². The second kappa shape index (κ2) is 6.62. The number of nitrogens with two attached hydrogens (primary N) is 1. The first-order valence-electron chi connectivity index (χ1n) is 6.48. The average Bonchev–Trinajstić information content (AvgIpc) is 2.86. The van der Waals surface area contributed by atoms with Gasteiger partial charge in [0.1, 0.15) is 11.6 Å². The van der Waals surface area contributed by atoms with Crippen molar-refractivity contribution >= 4 is 29.2 Å². The third-order valence-corrected chi connectivity index (χ3v) is 3.79. The number of halogens is 1. The van der Waals surface area contributed by atoms with E-state index in [1.165, 1.54) is 6.07 Å². The van der Waals surface area contributed by atoms with Gasteiger partial charge in [0.2, 0.25) is 5.91 Å². The Bertz CT molecular complexity index is 642. The molecule has 1 heterocycles. The summed E-state index contributed by atoms with van der Waals surface area (Å²) in [6.45, 7) is 3.95. The number of hydrogen-bond donors (Lipinski definition) is 2. The number of thioether (sulfide) groups is 1. The van der Waals surface area contributed by atoms with E-state index in [-0.39, 0.29) is 17.7 Å². The van der Waals surface area contributed by atoms with Gasteiger partial charge in [-0.15, -0.1) is 11.8 Å². The molecule has 0 atom stereocenters. The summed E-state index contributed by atoms with van der Waals surface area (Å²) in [6.07, 6.45) is 1.63. The quantitative estimate of drug-likeness (QED) is 0.658. The van der Waals surface area contributed by atoms with Crippen molar-refractivity contribution in [1.29, 1.82) is 0 Å². The molecule has 0 aliphatic rings. The van der Waals surface area contributed by atoms with Crippen molar-refractivity contribution < 1.29 is 9.18 Å². The molecule has 1 aromatic heterocycles. The number of nitrogens with one attached hydrogen (secondary N) is 1. The van der Waals surface area contributed by atoms with Crippen molar-refractivity contribution in [2.75, 3.05) is 16.8 Å². The van der Waals surface area contributed by atoms with Crippen molar-refractivity contribution in [2.24, 2.45) is 0 Å². The summed E-state index contributed by atoms with van der Waals surface area (Å²) in [5.41, 5.74) is 5.84. The molecule has 2 aromatic rings. The van der Waals surface area contributed by atoms with E-state index in [1.807, 2.05) is 13.8 Å². The average molecular weight is 308 g/mol. The van der Waals surface area contributed by atoms with E-state index in [4.69, 9.17) is 5.73 Å². The number of carbonyl (C=O) groups is 1. The first kappa shape index (κ1) is 15.4. The van der Waals surface area contributed by atoms with E-state index < -0.39 is 5.82 Å². The summed E-state index contributed by atoms with van der Waals surface area (Å²) in [5, 5.41) is 6.90. The maximum atomic E-state index is 13.6. The van der Waals surface area contributed by atoms with Crippen LogP contribution in [0, 0.1) is 5.82 Å². The Morgan fingerprint density at radius 3 is 2.90 bits per heavy atom. The van der Waals surface area contributed by atoms with E-state index in [9.17, 15) is 9.18 Å². The zero-order valence-electron chi connectivity index (χ0n) is 11.8. The molecule has 21 heavy (non-hydrogen) atoms. The third kappa shape index (κ3) is 3.98. The van der Waals surface area contributed by atoms with Crippen molar-refractivity contribution in [2.45, 2.75) is 24.8 Å². The maximum absolute atomic E-state index is 13.6. The van der Waals surface area contributed by atoms with Crippen LogP contribution >= 0.6 is 11.8 Å². The molecular weight excluding hydrogens is 291 g/mol. The summed E-state index contributed by atoms with van der Waals surface area (Å²) >= 11 is 1.13. The molecule has 0 spiro atoms. The molecule has 5 nitrogen and oxygen atoms in total. The second-order valence-corrected chi connectivity index (χ2v) is 5.80. The highest BCUT2D eigenvalue weighted by Crippen LogP contribution is 2.23. The van der Waals surface area contributed by atoms with E-state index in [0.29, 0.717) is 16.4 Å². The minimum Gasteiger partial charge on any atom is -0.399 e. The lowest BCUT2D eigenvalue weighted by Crippen LogP contribution is -2.18. The zero-order valence-corrected chi connectivity index (χ0v) is 12.7. The normalized spacial score (nSPS) is 10.9. The molecule has 3 N–H and O–H groups in total. The standard InChI is InChI=1S/C14H17FN4OS/c1-9(2)19-13(5-6-17-19)18-14(20)8-21-12-4-3-10(16)7-11(12)15/h3-7,9H,8,16H2,1-2H3,(H,18,20). The third-order valence-electron chi connectivity index (χ3n) is 2.74. The van der Waals surface area contributed by atoms with E-state index in [0.717, 1.165) is 11.8 Å². The molecule has 0 bridgehead atoms. The molecule has 7 heteroatoms. The molecule has 0 aliphatic heterocycles. The number of hydrogen-bond acceptors (Lipinski definition) is 4. The minimum atomic E-state index is -0.417. The van der Waals surface area contributed by atoms with Crippen LogP contribution in [0.4, 0.5) is 15.9 Å². The highest BCUT2D eigenvalue weighted by Gasteiger charge is 2.11. The molecule has 1 aromatic carbocycles. The largest absolute Gasteiger partial charge is 0.399 e. The van der Waals surface area contributed by atoms with Crippen LogP contribution in [0.3, 0.4) is 0 Å². The summed E-state index contributed by atoms with van der Waals surface area (Å²) in [5.74, 6) is 0.122. The van der Waals surface area contributed by atoms with Gasteiger partial charge in [-0.25, -0.2) is 9.07 Å². The minimum absolute atomic E-state index is 0.115. The number of anilines is 2. The van der Waals surface area contributed by atoms with E-state index >= 15 is 0 Å². The molecule has 2 rings (SSSR count). The molecule has 0 saturated carbocycles. The summed E-state index contributed by atoms with van der Waals surface area (Å²) < 4.78 is 15.3. The topological polar surface area (TPSA) is 72.9 Å². The molecule has 0 fully saturated rings. The van der Waals surface area contributed by atoms with Crippen LogP contribution in [0.5, 0.6) is 0 Å². The highest BCUT2D eigenvalue weighted by molar-refractivity contribution is 8.00. The van der Waals surface area contributed by atoms with E-state index in [2.05, 4.69) is 10.4 Å². The van der Waals surface area contributed by atoms with Gasteiger partial charge in [-0.3, -0.25) is 4.79 Å². The molecule has 0 unspecified atom stereocenters. The van der Waals surface area contributed by atoms with Gasteiger partial charge in [-0.2, -0.15) is 5.10 Å². The summed E-state index contributed by atoms with van der Waals surface area (Å²) in [7, 11) is 0. The van der Waals surface area contributed by atoms with Crippen molar-refractivity contribution in [3.8, 4) is 0 Å².